The van der Waals surface area contributed by atoms with Crippen LogP contribution in [0.5, 0.6) is 0 Å². The molecule has 1 unspecified atom stereocenters. The maximum absolute atomic E-state index is 13.4. The van der Waals surface area contributed by atoms with Crippen LogP contribution in [0.1, 0.15) is 13.3 Å². The van der Waals surface area contributed by atoms with Gasteiger partial charge in [0, 0.05) is 18.9 Å². The van der Waals surface area contributed by atoms with Crippen LogP contribution in [0.4, 0.5) is 14.9 Å². The second-order valence-electron chi connectivity index (χ2n) is 4.63. The summed E-state index contributed by atoms with van der Waals surface area (Å²) in [5, 5.41) is 18.4. The molecule has 21 heavy (non-hydrogen) atoms. The monoisotopic (exact) mass is 292 g/mol. The molecule has 1 heterocycles. The lowest BCUT2D eigenvalue weighted by Crippen LogP contribution is -2.31. The van der Waals surface area contributed by atoms with Gasteiger partial charge in [0.25, 0.3) is 0 Å². The molecule has 0 aliphatic rings. The summed E-state index contributed by atoms with van der Waals surface area (Å²) in [7, 11) is 0. The minimum atomic E-state index is -0.487. The van der Waals surface area contributed by atoms with Crippen LogP contribution in [0, 0.1) is 5.82 Å². The highest BCUT2D eigenvalue weighted by molar-refractivity contribution is 5.91. The van der Waals surface area contributed by atoms with Gasteiger partial charge in [-0.2, -0.15) is 5.10 Å². The average molecular weight is 292 g/mol. The molecule has 0 saturated carbocycles. The Morgan fingerprint density at radius 3 is 3.00 bits per heavy atom. The van der Waals surface area contributed by atoms with Gasteiger partial charge in [-0.3, -0.25) is 0 Å². The maximum atomic E-state index is 13.4. The summed E-state index contributed by atoms with van der Waals surface area (Å²) >= 11 is 0. The van der Waals surface area contributed by atoms with Crippen molar-refractivity contribution in [1.82, 2.24) is 15.1 Å². The van der Waals surface area contributed by atoms with Crippen LogP contribution in [-0.2, 0) is 0 Å². The molecule has 1 aromatic carbocycles. The van der Waals surface area contributed by atoms with Gasteiger partial charge in [-0.1, -0.05) is 0 Å². The molecule has 0 fully saturated rings. The first kappa shape index (κ1) is 15.0. The molecule has 1 atom stereocenters. The Kier molecular flexibility index (Phi) is 4.89. The van der Waals surface area contributed by atoms with E-state index in [9.17, 15) is 9.18 Å². The third kappa shape index (κ3) is 4.28. The van der Waals surface area contributed by atoms with Crippen molar-refractivity contribution in [2.45, 2.75) is 19.4 Å². The van der Waals surface area contributed by atoms with E-state index in [0.29, 0.717) is 24.3 Å². The number of amides is 2. The van der Waals surface area contributed by atoms with E-state index in [4.69, 9.17) is 5.11 Å². The molecule has 1 aromatic heterocycles. The van der Waals surface area contributed by atoms with Crippen molar-refractivity contribution in [1.29, 1.82) is 0 Å². The number of anilines is 1. The molecule has 0 aliphatic heterocycles. The Morgan fingerprint density at radius 1 is 1.52 bits per heavy atom. The van der Waals surface area contributed by atoms with E-state index >= 15 is 0 Å². The molecule has 3 N–H and O–H groups in total. The molecular weight excluding hydrogens is 275 g/mol. The van der Waals surface area contributed by atoms with Crippen molar-refractivity contribution in [3.8, 4) is 5.69 Å². The van der Waals surface area contributed by atoms with E-state index in [0.717, 1.165) is 0 Å². The minimum absolute atomic E-state index is 0.313. The third-order valence-corrected chi connectivity index (χ3v) is 2.81. The summed E-state index contributed by atoms with van der Waals surface area (Å²) < 4.78 is 14.9. The number of halogens is 1. The standard InChI is InChI=1S/C14H17FN4O2/c1-10(20)5-7-16-14(21)18-12-9-11(15)3-4-13(12)19-8-2-6-17-19/h2-4,6,8-10,20H,5,7H2,1H3,(H2,16,18,21). The van der Waals surface area contributed by atoms with Gasteiger partial charge in [-0.15, -0.1) is 0 Å². The van der Waals surface area contributed by atoms with Crippen molar-refractivity contribution in [2.75, 3.05) is 11.9 Å². The molecule has 2 aromatic rings. The fourth-order valence-corrected chi connectivity index (χ4v) is 1.78. The highest BCUT2D eigenvalue weighted by atomic mass is 19.1. The van der Waals surface area contributed by atoms with Gasteiger partial charge in [-0.25, -0.2) is 13.9 Å². The van der Waals surface area contributed by atoms with Crippen molar-refractivity contribution < 1.29 is 14.3 Å². The number of aromatic nitrogens is 2. The van der Waals surface area contributed by atoms with Gasteiger partial charge < -0.3 is 15.7 Å². The fraction of sp³-hybridized carbons (Fsp3) is 0.286. The van der Waals surface area contributed by atoms with Crippen molar-refractivity contribution in [3.05, 3.63) is 42.5 Å². The maximum Gasteiger partial charge on any atom is 0.319 e. The lowest BCUT2D eigenvalue weighted by molar-refractivity contribution is 0.184. The number of aliphatic hydroxyl groups excluding tert-OH is 1. The number of hydrogen-bond donors (Lipinski definition) is 3. The number of nitrogens with one attached hydrogen (secondary N) is 2. The summed E-state index contributed by atoms with van der Waals surface area (Å²) in [6, 6.07) is 5.33. The number of carbonyl (C=O) groups excluding carboxylic acids is 1. The highest BCUT2D eigenvalue weighted by Crippen LogP contribution is 2.20. The SMILES string of the molecule is CC(O)CCNC(=O)Nc1cc(F)ccc1-n1cccn1. The van der Waals surface area contributed by atoms with E-state index in [1.54, 1.807) is 25.4 Å². The first-order valence-electron chi connectivity index (χ1n) is 6.59. The molecule has 0 aliphatic carbocycles. The number of carbonyl (C=O) groups is 1. The number of nitrogens with zero attached hydrogens (tertiary/aromatic N) is 2. The summed E-state index contributed by atoms with van der Waals surface area (Å²) in [6.07, 6.45) is 3.25. The van der Waals surface area contributed by atoms with Crippen LogP contribution in [0.3, 0.4) is 0 Å². The summed E-state index contributed by atoms with van der Waals surface area (Å²) in [5.41, 5.74) is 0.875. The lowest BCUT2D eigenvalue weighted by atomic mass is 10.2. The van der Waals surface area contributed by atoms with Crippen molar-refractivity contribution >= 4 is 11.7 Å². The second kappa shape index (κ2) is 6.85. The zero-order valence-electron chi connectivity index (χ0n) is 11.6. The van der Waals surface area contributed by atoms with Gasteiger partial charge in [0.2, 0.25) is 0 Å². The predicted octanol–water partition coefficient (Wildman–Crippen LogP) is 1.90. The Morgan fingerprint density at radius 2 is 2.33 bits per heavy atom. The third-order valence-electron chi connectivity index (χ3n) is 2.81. The first-order valence-corrected chi connectivity index (χ1v) is 6.59. The Hall–Kier alpha value is -2.41. The van der Waals surface area contributed by atoms with Crippen LogP contribution < -0.4 is 10.6 Å². The quantitative estimate of drug-likeness (QED) is 0.787. The molecule has 0 radical (unpaired) electrons. The largest absolute Gasteiger partial charge is 0.393 e. The van der Waals surface area contributed by atoms with Crippen LogP contribution in [-0.4, -0.2) is 33.6 Å². The van der Waals surface area contributed by atoms with E-state index in [2.05, 4.69) is 15.7 Å². The minimum Gasteiger partial charge on any atom is -0.393 e. The van der Waals surface area contributed by atoms with Gasteiger partial charge in [0.1, 0.15) is 5.82 Å². The van der Waals surface area contributed by atoms with Crippen LogP contribution >= 0.6 is 0 Å². The average Bonchev–Trinajstić information content (AvgIpc) is 2.92. The molecule has 2 rings (SSSR count). The van der Waals surface area contributed by atoms with Gasteiger partial charge in [0.15, 0.2) is 0 Å². The second-order valence-corrected chi connectivity index (χ2v) is 4.63. The molecule has 2 amide bonds. The predicted molar refractivity (Wildman–Crippen MR) is 76.8 cm³/mol. The fourth-order valence-electron chi connectivity index (χ4n) is 1.78. The molecule has 7 heteroatoms. The van der Waals surface area contributed by atoms with Crippen LogP contribution in [0.25, 0.3) is 5.69 Å². The first-order chi connectivity index (χ1) is 10.1. The Labute approximate surface area is 121 Å². The number of benzene rings is 1. The van der Waals surface area contributed by atoms with Crippen molar-refractivity contribution in [2.24, 2.45) is 0 Å². The highest BCUT2D eigenvalue weighted by Gasteiger charge is 2.10. The lowest BCUT2D eigenvalue weighted by Gasteiger charge is -2.12. The molecule has 112 valence electrons. The van der Waals surface area contributed by atoms with Crippen LogP contribution in [0.15, 0.2) is 36.7 Å². The van der Waals surface area contributed by atoms with Crippen LogP contribution in [0.2, 0.25) is 0 Å². The molecule has 6 nitrogen and oxygen atoms in total. The number of hydrogen-bond acceptors (Lipinski definition) is 3. The summed E-state index contributed by atoms with van der Waals surface area (Å²) in [6.45, 7) is 1.97. The summed E-state index contributed by atoms with van der Waals surface area (Å²) in [4.78, 5) is 11.8. The normalized spacial score (nSPS) is 12.0. The van der Waals surface area contributed by atoms with E-state index in [-0.39, 0.29) is 0 Å². The summed E-state index contributed by atoms with van der Waals surface area (Å²) in [5.74, 6) is -0.454. The van der Waals surface area contributed by atoms with Gasteiger partial charge in [-0.05, 0) is 37.6 Å². The molecule has 0 spiro atoms. The molecular formula is C14H17FN4O2. The van der Waals surface area contributed by atoms with Crippen molar-refractivity contribution in [3.63, 3.8) is 0 Å². The zero-order chi connectivity index (χ0) is 15.2. The number of rotatable bonds is 5. The topological polar surface area (TPSA) is 79.2 Å². The number of urea groups is 1. The van der Waals surface area contributed by atoms with Gasteiger partial charge in [0.05, 0.1) is 17.5 Å². The molecule has 0 bridgehead atoms. The Balaban J connectivity index is 2.08. The van der Waals surface area contributed by atoms with Gasteiger partial charge >= 0.3 is 6.03 Å². The van der Waals surface area contributed by atoms with E-state index in [1.165, 1.54) is 22.9 Å². The number of aliphatic hydroxyl groups is 1. The van der Waals surface area contributed by atoms with E-state index in [1.807, 2.05) is 0 Å². The Bertz CT molecular complexity index is 599. The van der Waals surface area contributed by atoms with E-state index < -0.39 is 18.0 Å². The zero-order valence-corrected chi connectivity index (χ0v) is 11.6. The molecule has 0 saturated heterocycles. The smallest absolute Gasteiger partial charge is 0.319 e.